The van der Waals surface area contributed by atoms with Crippen LogP contribution in [0.15, 0.2) is 29.3 Å². The molecule has 1 fully saturated rings. The van der Waals surface area contributed by atoms with E-state index in [1.54, 1.807) is 14.2 Å². The van der Waals surface area contributed by atoms with E-state index < -0.39 is 0 Å². The summed E-state index contributed by atoms with van der Waals surface area (Å²) in [6, 6.07) is 7.96. The molecule has 7 nitrogen and oxygen atoms in total. The first-order chi connectivity index (χ1) is 13.6. The van der Waals surface area contributed by atoms with Crippen LogP contribution < -0.4 is 15.4 Å². The fraction of sp³-hybridized carbons (Fsp3) is 0.667. The molecule has 1 aliphatic heterocycles. The van der Waals surface area contributed by atoms with E-state index in [2.05, 4.69) is 39.4 Å². The highest BCUT2D eigenvalue weighted by atomic mass is 127. The highest BCUT2D eigenvalue weighted by Crippen LogP contribution is 2.17. The minimum Gasteiger partial charge on any atom is -0.493 e. The van der Waals surface area contributed by atoms with Gasteiger partial charge in [-0.15, -0.1) is 24.0 Å². The number of benzene rings is 1. The smallest absolute Gasteiger partial charge is 0.195 e. The Balaban J connectivity index is 0.00000420. The molecule has 166 valence electrons. The zero-order chi connectivity index (χ0) is 20.2. The van der Waals surface area contributed by atoms with E-state index >= 15 is 0 Å². The lowest BCUT2D eigenvalue weighted by molar-refractivity contribution is 0.139. The molecule has 0 aliphatic carbocycles. The van der Waals surface area contributed by atoms with E-state index in [0.29, 0.717) is 19.1 Å². The van der Waals surface area contributed by atoms with Crippen molar-refractivity contribution in [2.24, 2.45) is 10.9 Å². The SMILES string of the molecule is CN=C(NCC(C)CN1CCN(C)CC1)Nc1cccc(OCCCOC)c1.I. The van der Waals surface area contributed by atoms with Gasteiger partial charge in [-0.2, -0.15) is 0 Å². The Labute approximate surface area is 193 Å². The second kappa shape index (κ2) is 14.8. The molecule has 2 rings (SSSR count). The molecule has 0 bridgehead atoms. The normalized spacial score (nSPS) is 16.8. The van der Waals surface area contributed by atoms with Crippen LogP contribution in [0.25, 0.3) is 0 Å². The number of nitrogens with zero attached hydrogens (tertiary/aromatic N) is 3. The summed E-state index contributed by atoms with van der Waals surface area (Å²) in [6.07, 6.45) is 0.878. The largest absolute Gasteiger partial charge is 0.493 e. The number of anilines is 1. The minimum absolute atomic E-state index is 0. The molecule has 0 radical (unpaired) electrons. The van der Waals surface area contributed by atoms with Crippen LogP contribution in [0.1, 0.15) is 13.3 Å². The van der Waals surface area contributed by atoms with Crippen LogP contribution in [0.4, 0.5) is 5.69 Å². The van der Waals surface area contributed by atoms with Gasteiger partial charge in [-0.05, 0) is 25.1 Å². The van der Waals surface area contributed by atoms with Crippen molar-refractivity contribution in [1.82, 2.24) is 15.1 Å². The lowest BCUT2D eigenvalue weighted by Gasteiger charge is -2.34. The number of guanidine groups is 1. The van der Waals surface area contributed by atoms with Gasteiger partial charge in [0.1, 0.15) is 5.75 Å². The second-order valence-corrected chi connectivity index (χ2v) is 7.51. The van der Waals surface area contributed by atoms with Gasteiger partial charge in [0.25, 0.3) is 0 Å². The van der Waals surface area contributed by atoms with E-state index in [1.165, 1.54) is 0 Å². The molecule has 0 amide bonds. The van der Waals surface area contributed by atoms with Crippen molar-refractivity contribution in [2.45, 2.75) is 13.3 Å². The first-order valence-corrected chi connectivity index (χ1v) is 10.2. The lowest BCUT2D eigenvalue weighted by atomic mass is 10.1. The standard InChI is InChI=1S/C21H37N5O2.HI/c1-18(17-26-11-9-25(3)10-12-26)16-23-21(22-2)24-19-7-5-8-20(15-19)28-14-6-13-27-4;/h5,7-8,15,18H,6,9-14,16-17H2,1-4H3,(H2,22,23,24);1H. The number of aliphatic imine (C=N–C) groups is 1. The number of hydrogen-bond acceptors (Lipinski definition) is 5. The van der Waals surface area contributed by atoms with Gasteiger partial charge in [-0.1, -0.05) is 13.0 Å². The highest BCUT2D eigenvalue weighted by molar-refractivity contribution is 14.0. The molecular weight excluding hydrogens is 481 g/mol. The molecule has 8 heteroatoms. The number of hydrogen-bond donors (Lipinski definition) is 2. The average molecular weight is 519 g/mol. The maximum atomic E-state index is 5.77. The Morgan fingerprint density at radius 1 is 1.21 bits per heavy atom. The number of rotatable bonds is 10. The topological polar surface area (TPSA) is 61.4 Å². The Bertz CT molecular complexity index is 594. The minimum atomic E-state index is 0. The third-order valence-electron chi connectivity index (χ3n) is 4.87. The number of halogens is 1. The van der Waals surface area contributed by atoms with Crippen molar-refractivity contribution in [3.63, 3.8) is 0 Å². The number of likely N-dealkylation sites (N-methyl/N-ethyl adjacent to an activating group) is 1. The summed E-state index contributed by atoms with van der Waals surface area (Å²) in [7, 11) is 5.69. The Hall–Kier alpha value is -1.10. The van der Waals surface area contributed by atoms with Crippen LogP contribution in [0.5, 0.6) is 5.75 Å². The van der Waals surface area contributed by atoms with Gasteiger partial charge < -0.3 is 29.9 Å². The van der Waals surface area contributed by atoms with E-state index in [9.17, 15) is 0 Å². The molecule has 0 spiro atoms. The monoisotopic (exact) mass is 519 g/mol. The highest BCUT2D eigenvalue weighted by Gasteiger charge is 2.16. The summed E-state index contributed by atoms with van der Waals surface area (Å²) < 4.78 is 10.8. The quantitative estimate of drug-likeness (QED) is 0.215. The van der Waals surface area contributed by atoms with Gasteiger partial charge in [0.15, 0.2) is 5.96 Å². The summed E-state index contributed by atoms with van der Waals surface area (Å²) in [5.74, 6) is 2.18. The fourth-order valence-corrected chi connectivity index (χ4v) is 3.18. The summed E-state index contributed by atoms with van der Waals surface area (Å²) in [4.78, 5) is 9.28. The first-order valence-electron chi connectivity index (χ1n) is 10.2. The molecule has 0 aromatic heterocycles. The van der Waals surface area contributed by atoms with E-state index in [4.69, 9.17) is 9.47 Å². The van der Waals surface area contributed by atoms with Crippen LogP contribution >= 0.6 is 24.0 Å². The Morgan fingerprint density at radius 3 is 2.66 bits per heavy atom. The van der Waals surface area contributed by atoms with Crippen molar-refractivity contribution < 1.29 is 9.47 Å². The van der Waals surface area contributed by atoms with Crippen molar-refractivity contribution >= 4 is 35.6 Å². The molecular formula is C21H38IN5O2. The summed E-state index contributed by atoms with van der Waals surface area (Å²) in [6.45, 7) is 10.3. The molecule has 1 atom stereocenters. The van der Waals surface area contributed by atoms with Crippen LogP contribution in [-0.2, 0) is 4.74 Å². The van der Waals surface area contributed by atoms with Gasteiger partial charge in [0.05, 0.1) is 6.61 Å². The van der Waals surface area contributed by atoms with Crippen molar-refractivity contribution in [1.29, 1.82) is 0 Å². The maximum Gasteiger partial charge on any atom is 0.195 e. The molecule has 1 aromatic rings. The summed E-state index contributed by atoms with van der Waals surface area (Å²) >= 11 is 0. The first kappa shape index (κ1) is 25.9. The van der Waals surface area contributed by atoms with Crippen LogP contribution in [-0.4, -0.2) is 89.4 Å². The molecule has 1 aliphatic rings. The van der Waals surface area contributed by atoms with Crippen LogP contribution in [0.2, 0.25) is 0 Å². The lowest BCUT2D eigenvalue weighted by Crippen LogP contribution is -2.47. The van der Waals surface area contributed by atoms with Gasteiger partial charge in [-0.3, -0.25) is 4.99 Å². The van der Waals surface area contributed by atoms with Crippen LogP contribution in [0.3, 0.4) is 0 Å². The fourth-order valence-electron chi connectivity index (χ4n) is 3.18. The zero-order valence-corrected chi connectivity index (χ0v) is 20.6. The number of methoxy groups -OCH3 is 1. The molecule has 1 saturated heterocycles. The van der Waals surface area contributed by atoms with E-state index in [0.717, 1.165) is 63.1 Å². The second-order valence-electron chi connectivity index (χ2n) is 7.51. The maximum absolute atomic E-state index is 5.77. The molecule has 0 saturated carbocycles. The predicted molar refractivity (Wildman–Crippen MR) is 132 cm³/mol. The summed E-state index contributed by atoms with van der Waals surface area (Å²) in [5, 5.41) is 6.79. The number of nitrogens with one attached hydrogen (secondary N) is 2. The number of ether oxygens (including phenoxy) is 2. The Morgan fingerprint density at radius 2 is 1.97 bits per heavy atom. The molecule has 2 N–H and O–H groups in total. The molecule has 29 heavy (non-hydrogen) atoms. The molecule has 1 unspecified atom stereocenters. The van der Waals surface area contributed by atoms with Crippen molar-refractivity contribution in [3.8, 4) is 5.75 Å². The predicted octanol–water partition coefficient (Wildman–Crippen LogP) is 2.59. The van der Waals surface area contributed by atoms with Gasteiger partial charge in [-0.25, -0.2) is 0 Å². The molecule has 1 aromatic carbocycles. The van der Waals surface area contributed by atoms with E-state index in [-0.39, 0.29) is 24.0 Å². The average Bonchev–Trinajstić information content (AvgIpc) is 2.70. The van der Waals surface area contributed by atoms with Crippen molar-refractivity contribution in [2.75, 3.05) is 79.0 Å². The third kappa shape index (κ3) is 10.5. The van der Waals surface area contributed by atoms with Crippen molar-refractivity contribution in [3.05, 3.63) is 24.3 Å². The van der Waals surface area contributed by atoms with Crippen LogP contribution in [0, 0.1) is 5.92 Å². The summed E-state index contributed by atoms with van der Waals surface area (Å²) in [5.41, 5.74) is 0.962. The third-order valence-corrected chi connectivity index (χ3v) is 4.87. The van der Waals surface area contributed by atoms with Gasteiger partial charge in [0.2, 0.25) is 0 Å². The van der Waals surface area contributed by atoms with E-state index in [1.807, 2.05) is 24.3 Å². The number of piperazine rings is 1. The van der Waals surface area contributed by atoms with Gasteiger partial charge in [0, 0.05) is 78.2 Å². The molecule has 1 heterocycles. The van der Waals surface area contributed by atoms with Gasteiger partial charge >= 0.3 is 0 Å². The Kier molecular flexibility index (Phi) is 13.2. The zero-order valence-electron chi connectivity index (χ0n) is 18.3.